The summed E-state index contributed by atoms with van der Waals surface area (Å²) in [7, 11) is 0. The van der Waals surface area contributed by atoms with Crippen LogP contribution in [-0.4, -0.2) is 6.21 Å². The summed E-state index contributed by atoms with van der Waals surface area (Å²) < 4.78 is 0. The number of aryl methyl sites for hydroxylation is 2. The van der Waals surface area contributed by atoms with Crippen molar-refractivity contribution in [1.82, 2.24) is 0 Å². The molecular formula is C20H23N. The molecule has 0 aromatic heterocycles. The number of hydrogen-bond donors (Lipinski definition) is 0. The highest BCUT2D eigenvalue weighted by Gasteiger charge is 2.03. The van der Waals surface area contributed by atoms with Crippen LogP contribution >= 0.6 is 0 Å². The molecule has 0 aliphatic heterocycles. The van der Waals surface area contributed by atoms with Gasteiger partial charge in [-0.3, -0.25) is 4.99 Å². The Morgan fingerprint density at radius 3 is 2.52 bits per heavy atom. The summed E-state index contributed by atoms with van der Waals surface area (Å²) in [5, 5.41) is 0. The van der Waals surface area contributed by atoms with Crippen molar-refractivity contribution in [3.05, 3.63) is 70.9 Å². The molecule has 21 heavy (non-hydrogen) atoms. The minimum atomic E-state index is 1.02. The molecular weight excluding hydrogens is 254 g/mol. The maximum absolute atomic E-state index is 4.54. The van der Waals surface area contributed by atoms with Crippen molar-refractivity contribution in [2.24, 2.45) is 4.99 Å². The molecule has 2 aromatic rings. The third-order valence-corrected chi connectivity index (χ3v) is 3.64. The van der Waals surface area contributed by atoms with E-state index in [1.165, 1.54) is 27.8 Å². The third-order valence-electron chi connectivity index (χ3n) is 3.64. The summed E-state index contributed by atoms with van der Waals surface area (Å²) in [6.45, 7) is 8.45. The van der Waals surface area contributed by atoms with E-state index in [-0.39, 0.29) is 0 Å². The van der Waals surface area contributed by atoms with Crippen LogP contribution in [0.5, 0.6) is 0 Å². The summed E-state index contributed by atoms with van der Waals surface area (Å²) in [6.07, 6.45) is 5.13. The van der Waals surface area contributed by atoms with Crippen LogP contribution in [0.4, 0.5) is 0 Å². The average Bonchev–Trinajstić information content (AvgIpc) is 2.47. The van der Waals surface area contributed by atoms with E-state index in [9.17, 15) is 0 Å². The van der Waals surface area contributed by atoms with Gasteiger partial charge in [-0.25, -0.2) is 0 Å². The van der Waals surface area contributed by atoms with Gasteiger partial charge in [0.1, 0.15) is 0 Å². The van der Waals surface area contributed by atoms with Gasteiger partial charge in [0.15, 0.2) is 0 Å². The van der Waals surface area contributed by atoms with Crippen LogP contribution in [0.15, 0.2) is 59.2 Å². The molecule has 2 rings (SSSR count). The van der Waals surface area contributed by atoms with Crippen molar-refractivity contribution < 1.29 is 0 Å². The zero-order valence-corrected chi connectivity index (χ0v) is 13.4. The first kappa shape index (κ1) is 15.2. The van der Waals surface area contributed by atoms with Crippen LogP contribution in [0.1, 0.15) is 37.0 Å². The van der Waals surface area contributed by atoms with Crippen LogP contribution in [0.2, 0.25) is 0 Å². The minimum Gasteiger partial charge on any atom is -0.261 e. The molecule has 1 nitrogen and oxygen atoms in total. The second-order valence-corrected chi connectivity index (χ2v) is 5.40. The number of aliphatic imine (C=N–C) groups is 1. The number of rotatable bonds is 4. The van der Waals surface area contributed by atoms with Crippen molar-refractivity contribution in [3.63, 3.8) is 0 Å². The van der Waals surface area contributed by atoms with Crippen LogP contribution in [0, 0.1) is 13.8 Å². The predicted octanol–water partition coefficient (Wildman–Crippen LogP) is 5.70. The molecule has 0 atom stereocenters. The highest BCUT2D eigenvalue weighted by atomic mass is 14.7. The Morgan fingerprint density at radius 1 is 1.05 bits per heavy atom. The third kappa shape index (κ3) is 3.91. The van der Waals surface area contributed by atoms with E-state index in [0.717, 1.165) is 12.1 Å². The quantitative estimate of drug-likeness (QED) is 0.635. The van der Waals surface area contributed by atoms with Gasteiger partial charge in [0.05, 0.1) is 0 Å². The normalized spacial score (nSPS) is 12.1. The van der Waals surface area contributed by atoms with Gasteiger partial charge in [0, 0.05) is 11.9 Å². The monoisotopic (exact) mass is 277 g/mol. The Morgan fingerprint density at radius 2 is 1.81 bits per heavy atom. The van der Waals surface area contributed by atoms with Gasteiger partial charge >= 0.3 is 0 Å². The van der Waals surface area contributed by atoms with Crippen molar-refractivity contribution in [3.8, 4) is 11.1 Å². The smallest absolute Gasteiger partial charge is 0.0346 e. The minimum absolute atomic E-state index is 1.02. The topological polar surface area (TPSA) is 12.4 Å². The second kappa shape index (κ2) is 7.03. The molecule has 2 aromatic carbocycles. The Hall–Kier alpha value is -2.15. The van der Waals surface area contributed by atoms with Crippen LogP contribution < -0.4 is 0 Å². The van der Waals surface area contributed by atoms with E-state index in [4.69, 9.17) is 0 Å². The number of allylic oxidation sites excluding steroid dienone is 2. The van der Waals surface area contributed by atoms with Gasteiger partial charge in [-0.1, -0.05) is 49.4 Å². The van der Waals surface area contributed by atoms with Crippen molar-refractivity contribution in [2.45, 2.75) is 34.1 Å². The standard InChI is InChI=1S/C20H23N/c1-5-8-17(4)21-14-19-13-18(12-11-15(19)2)20-10-7-6-9-16(20)3/h6-14H,5H2,1-4H3/b17-8+,21-14?. The molecule has 0 N–H and O–H groups in total. The molecule has 0 saturated heterocycles. The van der Waals surface area contributed by atoms with Gasteiger partial charge in [-0.05, 0) is 61.1 Å². The molecule has 0 amide bonds. The molecule has 0 heterocycles. The van der Waals surface area contributed by atoms with Gasteiger partial charge in [0.25, 0.3) is 0 Å². The molecule has 1 heteroatoms. The van der Waals surface area contributed by atoms with E-state index in [1.54, 1.807) is 0 Å². The zero-order chi connectivity index (χ0) is 15.2. The van der Waals surface area contributed by atoms with E-state index < -0.39 is 0 Å². The van der Waals surface area contributed by atoms with Crippen molar-refractivity contribution in [1.29, 1.82) is 0 Å². The first-order chi connectivity index (χ1) is 10.1. The average molecular weight is 277 g/mol. The largest absolute Gasteiger partial charge is 0.261 e. The fraction of sp³-hybridized carbons (Fsp3) is 0.250. The van der Waals surface area contributed by atoms with Gasteiger partial charge in [-0.2, -0.15) is 0 Å². The SMILES string of the molecule is CC/C=C(\C)N=Cc1cc(-c2ccccc2C)ccc1C. The van der Waals surface area contributed by atoms with Crippen molar-refractivity contribution in [2.75, 3.05) is 0 Å². The van der Waals surface area contributed by atoms with E-state index >= 15 is 0 Å². The van der Waals surface area contributed by atoms with E-state index in [0.29, 0.717) is 0 Å². The maximum atomic E-state index is 4.54. The molecule has 0 saturated carbocycles. The van der Waals surface area contributed by atoms with Gasteiger partial charge < -0.3 is 0 Å². The second-order valence-electron chi connectivity index (χ2n) is 5.40. The molecule has 108 valence electrons. The molecule has 0 aliphatic rings. The highest BCUT2D eigenvalue weighted by Crippen LogP contribution is 2.25. The first-order valence-corrected chi connectivity index (χ1v) is 7.49. The summed E-state index contributed by atoms with van der Waals surface area (Å²) in [4.78, 5) is 4.54. The van der Waals surface area contributed by atoms with Crippen molar-refractivity contribution >= 4 is 6.21 Å². The lowest BCUT2D eigenvalue weighted by molar-refractivity contribution is 1.16. The highest BCUT2D eigenvalue weighted by molar-refractivity contribution is 5.85. The molecule has 0 unspecified atom stereocenters. The van der Waals surface area contributed by atoms with Crippen LogP contribution in [0.25, 0.3) is 11.1 Å². The fourth-order valence-corrected chi connectivity index (χ4v) is 2.36. The lowest BCUT2D eigenvalue weighted by Gasteiger charge is -2.08. The zero-order valence-electron chi connectivity index (χ0n) is 13.4. The lowest BCUT2D eigenvalue weighted by Crippen LogP contribution is -1.90. The number of hydrogen-bond acceptors (Lipinski definition) is 1. The predicted molar refractivity (Wildman–Crippen MR) is 93.0 cm³/mol. The Bertz CT molecular complexity index is 678. The lowest BCUT2D eigenvalue weighted by atomic mass is 9.97. The summed E-state index contributed by atoms with van der Waals surface area (Å²) in [6, 6.07) is 15.1. The first-order valence-electron chi connectivity index (χ1n) is 7.49. The fourth-order valence-electron chi connectivity index (χ4n) is 2.36. The van der Waals surface area contributed by atoms with Crippen LogP contribution in [-0.2, 0) is 0 Å². The van der Waals surface area contributed by atoms with Crippen LogP contribution in [0.3, 0.4) is 0 Å². The van der Waals surface area contributed by atoms with Gasteiger partial charge in [-0.15, -0.1) is 0 Å². The maximum Gasteiger partial charge on any atom is 0.0346 e. The Labute approximate surface area is 128 Å². The van der Waals surface area contributed by atoms with Gasteiger partial charge in [0.2, 0.25) is 0 Å². The Kier molecular flexibility index (Phi) is 5.10. The molecule has 0 aliphatic carbocycles. The molecule has 0 radical (unpaired) electrons. The Balaban J connectivity index is 2.39. The number of benzene rings is 2. The van der Waals surface area contributed by atoms with E-state index in [1.807, 2.05) is 13.1 Å². The number of nitrogens with zero attached hydrogens (tertiary/aromatic N) is 1. The molecule has 0 spiro atoms. The molecule has 0 bridgehead atoms. The summed E-state index contributed by atoms with van der Waals surface area (Å²) in [5.74, 6) is 0. The molecule has 0 fully saturated rings. The summed E-state index contributed by atoms with van der Waals surface area (Å²) in [5.41, 5.74) is 7.33. The summed E-state index contributed by atoms with van der Waals surface area (Å²) >= 11 is 0. The van der Waals surface area contributed by atoms with E-state index in [2.05, 4.69) is 74.3 Å².